The van der Waals surface area contributed by atoms with E-state index in [9.17, 15) is 8.42 Å². The van der Waals surface area contributed by atoms with Gasteiger partial charge in [0, 0.05) is 11.6 Å². The minimum atomic E-state index is -3.29. The number of nitrogens with zero attached hydrogens (tertiary/aromatic N) is 1. The summed E-state index contributed by atoms with van der Waals surface area (Å²) in [5, 5.41) is 0.138. The molecule has 0 N–H and O–H groups in total. The highest BCUT2D eigenvalue weighted by Crippen LogP contribution is 2.13. The maximum Gasteiger partial charge on any atom is 0.195 e. The molecular formula is C10H14ClNO2S. The summed E-state index contributed by atoms with van der Waals surface area (Å²) in [6, 6.07) is 4.98. The molecular weight excluding hydrogens is 234 g/mol. The fourth-order valence-corrected chi connectivity index (χ4v) is 3.04. The quantitative estimate of drug-likeness (QED) is 0.765. The van der Waals surface area contributed by atoms with Crippen LogP contribution >= 0.6 is 11.6 Å². The Balaban J connectivity index is 2.96. The number of hydrogen-bond acceptors (Lipinski definition) is 3. The summed E-state index contributed by atoms with van der Waals surface area (Å²) in [6.07, 6.45) is 0. The molecule has 0 saturated carbocycles. The number of aryl methyl sites for hydroxylation is 1. The third-order valence-corrected chi connectivity index (χ3v) is 4.35. The first-order valence-corrected chi connectivity index (χ1v) is 6.87. The van der Waals surface area contributed by atoms with E-state index in [-0.39, 0.29) is 16.7 Å². The number of sulfone groups is 1. The van der Waals surface area contributed by atoms with E-state index >= 15 is 0 Å². The normalized spacial score (nSPS) is 13.8. The number of rotatable bonds is 4. The average molecular weight is 248 g/mol. The van der Waals surface area contributed by atoms with Gasteiger partial charge in [-0.15, -0.1) is 11.6 Å². The van der Waals surface area contributed by atoms with E-state index in [0.717, 1.165) is 0 Å². The maximum atomic E-state index is 11.8. The van der Waals surface area contributed by atoms with Crippen LogP contribution in [-0.2, 0) is 9.84 Å². The zero-order valence-corrected chi connectivity index (χ0v) is 10.3. The number of aromatic nitrogens is 1. The number of alkyl halides is 1. The van der Waals surface area contributed by atoms with Gasteiger partial charge in [-0.25, -0.2) is 13.4 Å². The van der Waals surface area contributed by atoms with Crippen LogP contribution < -0.4 is 0 Å². The molecule has 1 aromatic rings. The molecule has 3 nitrogen and oxygen atoms in total. The molecule has 1 aromatic heterocycles. The molecule has 0 spiro atoms. The molecule has 0 aliphatic heterocycles. The zero-order chi connectivity index (χ0) is 11.5. The Kier molecular flexibility index (Phi) is 4.11. The highest BCUT2D eigenvalue weighted by Gasteiger charge is 2.19. The van der Waals surface area contributed by atoms with Crippen LogP contribution in [0.4, 0.5) is 0 Å². The SMILES string of the molecule is Cc1cccc(S(=O)(=O)CC(C)CCl)n1. The van der Waals surface area contributed by atoms with Gasteiger partial charge in [0.15, 0.2) is 14.9 Å². The monoisotopic (exact) mass is 247 g/mol. The van der Waals surface area contributed by atoms with Crippen molar-refractivity contribution in [1.82, 2.24) is 4.98 Å². The molecule has 1 rings (SSSR count). The lowest BCUT2D eigenvalue weighted by molar-refractivity contribution is 0.579. The van der Waals surface area contributed by atoms with Gasteiger partial charge >= 0.3 is 0 Å². The first-order valence-electron chi connectivity index (χ1n) is 4.68. The smallest absolute Gasteiger partial charge is 0.195 e. The van der Waals surface area contributed by atoms with Gasteiger partial charge in [-0.05, 0) is 25.0 Å². The van der Waals surface area contributed by atoms with Crippen molar-refractivity contribution in [1.29, 1.82) is 0 Å². The Hall–Kier alpha value is -0.610. The number of pyridine rings is 1. The van der Waals surface area contributed by atoms with Gasteiger partial charge in [0.2, 0.25) is 0 Å². The van der Waals surface area contributed by atoms with E-state index in [2.05, 4.69) is 4.98 Å². The van der Waals surface area contributed by atoms with E-state index in [1.807, 2.05) is 0 Å². The van der Waals surface area contributed by atoms with Gasteiger partial charge in [-0.2, -0.15) is 0 Å². The number of halogens is 1. The molecule has 0 fully saturated rings. The largest absolute Gasteiger partial charge is 0.242 e. The lowest BCUT2D eigenvalue weighted by Gasteiger charge is -2.08. The first kappa shape index (κ1) is 12.5. The Labute approximate surface area is 95.4 Å². The standard InChI is InChI=1S/C10H14ClNO2S/c1-8(6-11)7-15(13,14)10-5-3-4-9(2)12-10/h3-5,8H,6-7H2,1-2H3. The number of hydrogen-bond donors (Lipinski definition) is 0. The summed E-state index contributed by atoms with van der Waals surface area (Å²) in [5.74, 6) is 0.330. The van der Waals surface area contributed by atoms with E-state index in [1.165, 1.54) is 6.07 Å². The Bertz CT molecular complexity index is 431. The summed E-state index contributed by atoms with van der Waals surface area (Å²) in [7, 11) is -3.29. The molecule has 5 heteroatoms. The second kappa shape index (κ2) is 4.94. The van der Waals surface area contributed by atoms with Crippen molar-refractivity contribution < 1.29 is 8.42 Å². The molecule has 1 heterocycles. The van der Waals surface area contributed by atoms with Gasteiger partial charge in [-0.3, -0.25) is 0 Å². The van der Waals surface area contributed by atoms with Crippen molar-refractivity contribution in [2.24, 2.45) is 5.92 Å². The van der Waals surface area contributed by atoms with E-state index in [0.29, 0.717) is 11.6 Å². The Morgan fingerprint density at radius 3 is 2.67 bits per heavy atom. The minimum Gasteiger partial charge on any atom is -0.242 e. The zero-order valence-electron chi connectivity index (χ0n) is 8.77. The van der Waals surface area contributed by atoms with Gasteiger partial charge in [0.25, 0.3) is 0 Å². The van der Waals surface area contributed by atoms with Crippen LogP contribution in [-0.4, -0.2) is 25.0 Å². The molecule has 0 saturated heterocycles. The van der Waals surface area contributed by atoms with Crippen molar-refractivity contribution in [3.63, 3.8) is 0 Å². The fourth-order valence-electron chi connectivity index (χ4n) is 1.20. The van der Waals surface area contributed by atoms with Crippen LogP contribution in [0.1, 0.15) is 12.6 Å². The molecule has 0 amide bonds. The second-order valence-electron chi connectivity index (χ2n) is 3.66. The van der Waals surface area contributed by atoms with E-state index in [4.69, 9.17) is 11.6 Å². The summed E-state index contributed by atoms with van der Waals surface area (Å²) in [5.41, 5.74) is 0.703. The molecule has 0 bridgehead atoms. The molecule has 84 valence electrons. The van der Waals surface area contributed by atoms with Crippen molar-refractivity contribution in [2.45, 2.75) is 18.9 Å². The van der Waals surface area contributed by atoms with Crippen LogP contribution in [0, 0.1) is 12.8 Å². The molecule has 0 radical (unpaired) electrons. The average Bonchev–Trinajstić information content (AvgIpc) is 2.17. The highest BCUT2D eigenvalue weighted by atomic mass is 35.5. The van der Waals surface area contributed by atoms with Gasteiger partial charge in [-0.1, -0.05) is 13.0 Å². The summed E-state index contributed by atoms with van der Waals surface area (Å²) < 4.78 is 23.7. The van der Waals surface area contributed by atoms with Crippen LogP contribution in [0.15, 0.2) is 23.2 Å². The van der Waals surface area contributed by atoms with Crippen molar-refractivity contribution in [2.75, 3.05) is 11.6 Å². The molecule has 1 unspecified atom stereocenters. The molecule has 1 atom stereocenters. The topological polar surface area (TPSA) is 47.0 Å². The van der Waals surface area contributed by atoms with E-state index in [1.54, 1.807) is 26.0 Å². The predicted molar refractivity (Wildman–Crippen MR) is 60.9 cm³/mol. The van der Waals surface area contributed by atoms with Gasteiger partial charge in [0.1, 0.15) is 0 Å². The lowest BCUT2D eigenvalue weighted by Crippen LogP contribution is -2.16. The fraction of sp³-hybridized carbons (Fsp3) is 0.500. The first-order chi connectivity index (χ1) is 6.95. The predicted octanol–water partition coefficient (Wildman–Crippen LogP) is 2.04. The second-order valence-corrected chi connectivity index (χ2v) is 5.95. The molecule has 15 heavy (non-hydrogen) atoms. The van der Waals surface area contributed by atoms with Gasteiger partial charge in [0.05, 0.1) is 5.75 Å². The van der Waals surface area contributed by atoms with Crippen molar-refractivity contribution >= 4 is 21.4 Å². The van der Waals surface area contributed by atoms with Gasteiger partial charge < -0.3 is 0 Å². The van der Waals surface area contributed by atoms with Crippen LogP contribution in [0.2, 0.25) is 0 Å². The van der Waals surface area contributed by atoms with Crippen LogP contribution in [0.5, 0.6) is 0 Å². The van der Waals surface area contributed by atoms with Crippen LogP contribution in [0.3, 0.4) is 0 Å². The van der Waals surface area contributed by atoms with Crippen molar-refractivity contribution in [3.8, 4) is 0 Å². The van der Waals surface area contributed by atoms with Crippen LogP contribution in [0.25, 0.3) is 0 Å². The highest BCUT2D eigenvalue weighted by molar-refractivity contribution is 7.91. The maximum absolute atomic E-state index is 11.8. The molecule has 0 aromatic carbocycles. The third-order valence-electron chi connectivity index (χ3n) is 1.95. The van der Waals surface area contributed by atoms with Crippen molar-refractivity contribution in [3.05, 3.63) is 23.9 Å². The minimum absolute atomic E-state index is 0.0486. The molecule has 0 aliphatic carbocycles. The Morgan fingerprint density at radius 2 is 2.13 bits per heavy atom. The molecule has 0 aliphatic rings. The summed E-state index contributed by atoms with van der Waals surface area (Å²) in [6.45, 7) is 3.57. The summed E-state index contributed by atoms with van der Waals surface area (Å²) >= 11 is 5.59. The Morgan fingerprint density at radius 1 is 1.47 bits per heavy atom. The van der Waals surface area contributed by atoms with E-state index < -0.39 is 9.84 Å². The third kappa shape index (κ3) is 3.47. The summed E-state index contributed by atoms with van der Waals surface area (Å²) in [4.78, 5) is 4.00. The lowest BCUT2D eigenvalue weighted by atomic mass is 10.3.